The van der Waals surface area contributed by atoms with Crippen molar-refractivity contribution in [2.45, 2.75) is 86.5 Å². The molecule has 0 heterocycles. The SMILES string of the molecule is CC1(C)CC[C@]2(C#N)CCC3C(C(=O)C=C4C5(C)C=C(C#N)C(=O)C(C)(C)C5CCC43C)C2C1. The molecule has 0 amide bonds. The fraction of sp³-hybridized carbons (Fsp3) is 0.733. The number of fused-ring (bicyclic) bond motifs is 7. The highest BCUT2D eigenvalue weighted by atomic mass is 16.1. The Hall–Kier alpha value is -2.20. The molecule has 7 atom stereocenters. The number of nitriles is 2. The predicted octanol–water partition coefficient (Wildman–Crippen LogP) is 6.34. The summed E-state index contributed by atoms with van der Waals surface area (Å²) < 4.78 is 0. The Bertz CT molecular complexity index is 1130. The van der Waals surface area contributed by atoms with Crippen LogP contribution < -0.4 is 0 Å². The molecule has 3 saturated carbocycles. The molecule has 0 aromatic rings. The summed E-state index contributed by atoms with van der Waals surface area (Å²) in [6.45, 7) is 13.0. The minimum absolute atomic E-state index is 0.0670. The summed E-state index contributed by atoms with van der Waals surface area (Å²) in [5.74, 6) is 0.425. The van der Waals surface area contributed by atoms with Gasteiger partial charge in [-0.3, -0.25) is 9.59 Å². The van der Waals surface area contributed by atoms with E-state index in [0.29, 0.717) is 0 Å². The van der Waals surface area contributed by atoms with E-state index in [2.05, 4.69) is 39.8 Å². The molecule has 5 aliphatic carbocycles. The number of ketones is 2. The van der Waals surface area contributed by atoms with Crippen molar-refractivity contribution in [3.8, 4) is 12.1 Å². The van der Waals surface area contributed by atoms with Gasteiger partial charge in [0.2, 0.25) is 0 Å². The van der Waals surface area contributed by atoms with E-state index < -0.39 is 10.8 Å². The molecule has 6 unspecified atom stereocenters. The average Bonchev–Trinajstić information content (AvgIpc) is 2.77. The lowest BCUT2D eigenvalue weighted by atomic mass is 9.38. The monoisotopic (exact) mass is 458 g/mol. The van der Waals surface area contributed by atoms with Crippen LogP contribution >= 0.6 is 0 Å². The Morgan fingerprint density at radius 3 is 2.26 bits per heavy atom. The van der Waals surface area contributed by atoms with Gasteiger partial charge in [0.15, 0.2) is 11.6 Å². The molecular weight excluding hydrogens is 420 g/mol. The van der Waals surface area contributed by atoms with E-state index in [1.54, 1.807) is 0 Å². The molecule has 5 aliphatic rings. The number of hydrogen-bond donors (Lipinski definition) is 0. The highest BCUT2D eigenvalue weighted by Crippen LogP contribution is 2.70. The van der Waals surface area contributed by atoms with Gasteiger partial charge in [0.1, 0.15) is 6.07 Å². The maximum atomic E-state index is 14.0. The lowest BCUT2D eigenvalue weighted by Gasteiger charge is -2.64. The van der Waals surface area contributed by atoms with E-state index >= 15 is 0 Å². The zero-order chi connectivity index (χ0) is 24.9. The fourth-order valence-electron chi connectivity index (χ4n) is 9.47. The van der Waals surface area contributed by atoms with Crippen molar-refractivity contribution in [2.24, 2.45) is 50.7 Å². The van der Waals surface area contributed by atoms with Crippen molar-refractivity contribution in [1.82, 2.24) is 0 Å². The minimum atomic E-state index is -0.632. The number of nitrogens with zero attached hydrogens (tertiary/aromatic N) is 2. The molecule has 0 bridgehead atoms. The van der Waals surface area contributed by atoms with Gasteiger partial charge in [-0.25, -0.2) is 0 Å². The van der Waals surface area contributed by atoms with Gasteiger partial charge in [0, 0.05) is 16.7 Å². The van der Waals surface area contributed by atoms with E-state index in [4.69, 9.17) is 0 Å². The third-order valence-electron chi connectivity index (χ3n) is 11.3. The van der Waals surface area contributed by atoms with Crippen molar-refractivity contribution in [3.63, 3.8) is 0 Å². The van der Waals surface area contributed by atoms with Gasteiger partial charge in [-0.15, -0.1) is 0 Å². The maximum absolute atomic E-state index is 14.0. The molecule has 180 valence electrons. The first kappa shape index (κ1) is 23.5. The van der Waals surface area contributed by atoms with Crippen LogP contribution in [0.3, 0.4) is 0 Å². The molecule has 0 aliphatic heterocycles. The zero-order valence-electron chi connectivity index (χ0n) is 21.6. The van der Waals surface area contributed by atoms with Crippen LogP contribution in [-0.2, 0) is 9.59 Å². The summed E-state index contributed by atoms with van der Waals surface area (Å²) in [4.78, 5) is 27.1. The quantitative estimate of drug-likeness (QED) is 0.424. The van der Waals surface area contributed by atoms with Crippen LogP contribution in [0.25, 0.3) is 0 Å². The van der Waals surface area contributed by atoms with Crippen LogP contribution in [0, 0.1) is 73.4 Å². The van der Waals surface area contributed by atoms with E-state index in [0.717, 1.165) is 50.5 Å². The fourth-order valence-corrected chi connectivity index (χ4v) is 9.47. The Kier molecular flexibility index (Phi) is 4.80. The summed E-state index contributed by atoms with van der Waals surface area (Å²) >= 11 is 0. The summed E-state index contributed by atoms with van der Waals surface area (Å²) in [7, 11) is 0. The molecule has 0 spiro atoms. The van der Waals surface area contributed by atoms with Crippen molar-refractivity contribution in [2.75, 3.05) is 0 Å². The molecule has 0 radical (unpaired) electrons. The summed E-state index contributed by atoms with van der Waals surface area (Å²) in [5.41, 5.74) is -0.110. The summed E-state index contributed by atoms with van der Waals surface area (Å²) in [6, 6.07) is 4.89. The van der Waals surface area contributed by atoms with Crippen LogP contribution in [0.15, 0.2) is 23.3 Å². The topological polar surface area (TPSA) is 81.7 Å². The van der Waals surface area contributed by atoms with E-state index in [-0.39, 0.29) is 57.1 Å². The van der Waals surface area contributed by atoms with E-state index in [1.807, 2.05) is 26.0 Å². The summed E-state index contributed by atoms with van der Waals surface area (Å²) in [5, 5.41) is 20.1. The van der Waals surface area contributed by atoms with Crippen LogP contribution in [0.4, 0.5) is 0 Å². The molecule has 3 fully saturated rings. The molecular formula is C30H38N2O2. The first-order chi connectivity index (χ1) is 15.8. The minimum Gasteiger partial charge on any atom is -0.295 e. The molecule has 0 saturated heterocycles. The third kappa shape index (κ3) is 2.81. The van der Waals surface area contributed by atoms with Gasteiger partial charge < -0.3 is 0 Å². The highest BCUT2D eigenvalue weighted by molar-refractivity contribution is 6.04. The van der Waals surface area contributed by atoms with Crippen LogP contribution in [0.5, 0.6) is 0 Å². The van der Waals surface area contributed by atoms with Crippen molar-refractivity contribution in [1.29, 1.82) is 10.5 Å². The van der Waals surface area contributed by atoms with E-state index in [9.17, 15) is 20.1 Å². The van der Waals surface area contributed by atoms with Crippen LogP contribution in [-0.4, -0.2) is 11.6 Å². The predicted molar refractivity (Wildman–Crippen MR) is 130 cm³/mol. The van der Waals surface area contributed by atoms with Crippen LogP contribution in [0.1, 0.15) is 86.5 Å². The number of Topliss-reactive ketones (excluding diaryl/α,β-unsaturated/α-hetero) is 1. The maximum Gasteiger partial charge on any atom is 0.178 e. The number of hydrogen-bond acceptors (Lipinski definition) is 4. The second kappa shape index (κ2) is 6.94. The molecule has 5 rings (SSSR count). The van der Waals surface area contributed by atoms with Crippen molar-refractivity contribution in [3.05, 3.63) is 23.3 Å². The largest absolute Gasteiger partial charge is 0.295 e. The Morgan fingerprint density at radius 1 is 0.912 bits per heavy atom. The zero-order valence-corrected chi connectivity index (χ0v) is 21.6. The lowest BCUT2D eigenvalue weighted by Crippen LogP contribution is -2.60. The van der Waals surface area contributed by atoms with Gasteiger partial charge in [-0.2, -0.15) is 10.5 Å². The normalized spacial score (nSPS) is 46.4. The van der Waals surface area contributed by atoms with Gasteiger partial charge in [0.25, 0.3) is 0 Å². The lowest BCUT2D eigenvalue weighted by molar-refractivity contribution is -0.142. The average molecular weight is 459 g/mol. The third-order valence-corrected chi connectivity index (χ3v) is 11.3. The molecule has 0 aromatic carbocycles. The molecule has 34 heavy (non-hydrogen) atoms. The van der Waals surface area contributed by atoms with E-state index in [1.165, 1.54) is 0 Å². The molecule has 0 N–H and O–H groups in total. The number of allylic oxidation sites excluding steroid dienone is 4. The second-order valence-electron chi connectivity index (χ2n) is 13.9. The molecule has 4 nitrogen and oxygen atoms in total. The van der Waals surface area contributed by atoms with Crippen molar-refractivity contribution < 1.29 is 9.59 Å². The number of carbonyl (C=O) groups is 2. The summed E-state index contributed by atoms with van der Waals surface area (Å²) in [6.07, 6.45) is 10.4. The standard InChI is InChI=1S/C30H38N2O2/c1-26(2)11-12-30(17-32)10-7-19-24(20(30)15-26)21(33)13-23-28(19,5)9-8-22-27(3,4)25(34)18(16-31)14-29(22,23)6/h13-14,19-20,22,24H,7-12,15H2,1-6H3/t19?,20?,22?,24?,28?,29?,30-/m0/s1. The van der Waals surface area contributed by atoms with Gasteiger partial charge >= 0.3 is 0 Å². The molecule has 0 aromatic heterocycles. The first-order valence-corrected chi connectivity index (χ1v) is 13.1. The molecule has 4 heteroatoms. The highest BCUT2D eigenvalue weighted by Gasteiger charge is 2.65. The smallest absolute Gasteiger partial charge is 0.178 e. The van der Waals surface area contributed by atoms with Crippen LogP contribution in [0.2, 0.25) is 0 Å². The van der Waals surface area contributed by atoms with Gasteiger partial charge in [0.05, 0.1) is 17.1 Å². The number of carbonyl (C=O) groups excluding carboxylic acids is 2. The Labute approximate surface area is 204 Å². The number of rotatable bonds is 0. The van der Waals surface area contributed by atoms with Gasteiger partial charge in [-0.1, -0.05) is 53.2 Å². The first-order valence-electron chi connectivity index (χ1n) is 13.1. The second-order valence-corrected chi connectivity index (χ2v) is 13.9. The Morgan fingerprint density at radius 2 is 1.62 bits per heavy atom. The van der Waals surface area contributed by atoms with Gasteiger partial charge in [-0.05, 0) is 79.6 Å². The van der Waals surface area contributed by atoms with Crippen molar-refractivity contribution >= 4 is 11.6 Å². The Balaban J connectivity index is 1.66.